The molecular weight excluding hydrogens is 306 g/mol. The number of aromatic nitrogens is 3. The Kier molecular flexibility index (Phi) is 4.99. The molecule has 0 aliphatic carbocycles. The molecule has 0 unspecified atom stereocenters. The Labute approximate surface area is 142 Å². The molecule has 0 radical (unpaired) electrons. The van der Waals surface area contributed by atoms with Crippen molar-refractivity contribution >= 4 is 11.7 Å². The van der Waals surface area contributed by atoms with E-state index in [1.165, 1.54) is 0 Å². The third-order valence-corrected chi connectivity index (χ3v) is 4.61. The Hall–Kier alpha value is -2.15. The van der Waals surface area contributed by atoms with Gasteiger partial charge in [-0.3, -0.25) is 4.40 Å². The van der Waals surface area contributed by atoms with Crippen molar-refractivity contribution in [2.24, 2.45) is 0 Å². The highest BCUT2D eigenvalue weighted by atomic mass is 16.5. The first-order valence-corrected chi connectivity index (χ1v) is 8.57. The van der Waals surface area contributed by atoms with Gasteiger partial charge in [0.2, 0.25) is 0 Å². The first-order chi connectivity index (χ1) is 11.6. The predicted molar refractivity (Wildman–Crippen MR) is 90.9 cm³/mol. The molecule has 0 aromatic carbocycles. The Morgan fingerprint density at radius 2 is 2.29 bits per heavy atom. The molecule has 0 bridgehead atoms. The molecule has 1 aliphatic rings. The lowest BCUT2D eigenvalue weighted by molar-refractivity contribution is -0.0872. The molecule has 7 heteroatoms. The van der Waals surface area contributed by atoms with Crippen molar-refractivity contribution < 1.29 is 9.53 Å². The molecule has 3 rings (SSSR count). The smallest absolute Gasteiger partial charge is 0.317 e. The summed E-state index contributed by atoms with van der Waals surface area (Å²) in [7, 11) is 0. The molecule has 1 saturated heterocycles. The fourth-order valence-electron chi connectivity index (χ4n) is 2.93. The molecule has 2 aromatic heterocycles. The monoisotopic (exact) mass is 331 g/mol. The van der Waals surface area contributed by atoms with Crippen LogP contribution >= 0.6 is 0 Å². The number of hydrogen-bond acceptors (Lipinski definition) is 4. The number of pyridine rings is 1. The number of hydrogen-bond donors (Lipinski definition) is 1. The maximum Gasteiger partial charge on any atom is 0.317 e. The van der Waals surface area contributed by atoms with Crippen LogP contribution < -0.4 is 5.32 Å². The molecule has 3 heterocycles. The fraction of sp³-hybridized carbons (Fsp3) is 0.588. The summed E-state index contributed by atoms with van der Waals surface area (Å²) in [6, 6.07) is 5.83. The van der Waals surface area contributed by atoms with Gasteiger partial charge in [0.1, 0.15) is 5.82 Å². The molecule has 2 aromatic rings. The van der Waals surface area contributed by atoms with Crippen LogP contribution in [0.3, 0.4) is 0 Å². The van der Waals surface area contributed by atoms with Gasteiger partial charge < -0.3 is 15.0 Å². The second-order valence-corrected chi connectivity index (χ2v) is 6.45. The summed E-state index contributed by atoms with van der Waals surface area (Å²) in [6.45, 7) is 6.66. The van der Waals surface area contributed by atoms with Crippen molar-refractivity contribution in [2.45, 2.75) is 38.7 Å². The van der Waals surface area contributed by atoms with Crippen molar-refractivity contribution in [3.8, 4) is 0 Å². The number of rotatable bonds is 5. The van der Waals surface area contributed by atoms with Gasteiger partial charge in [0, 0.05) is 25.7 Å². The molecular formula is C17H25N5O2. The maximum atomic E-state index is 12.3. The minimum absolute atomic E-state index is 0.0101. The van der Waals surface area contributed by atoms with Gasteiger partial charge in [-0.05, 0) is 31.9 Å². The number of urea groups is 1. The van der Waals surface area contributed by atoms with Crippen molar-refractivity contribution in [1.29, 1.82) is 0 Å². The Bertz CT molecular complexity index is 701. The van der Waals surface area contributed by atoms with Crippen molar-refractivity contribution in [2.75, 3.05) is 26.2 Å². The summed E-state index contributed by atoms with van der Waals surface area (Å²) in [5.74, 6) is 0.921. The summed E-state index contributed by atoms with van der Waals surface area (Å²) < 4.78 is 7.75. The number of fused-ring (bicyclic) bond motifs is 1. The van der Waals surface area contributed by atoms with Crippen LogP contribution in [0, 0.1) is 0 Å². The molecule has 1 aliphatic heterocycles. The van der Waals surface area contributed by atoms with Crippen LogP contribution in [-0.2, 0) is 11.2 Å². The van der Waals surface area contributed by atoms with E-state index in [2.05, 4.69) is 29.4 Å². The minimum atomic E-state index is -0.226. The fourth-order valence-corrected chi connectivity index (χ4v) is 2.93. The summed E-state index contributed by atoms with van der Waals surface area (Å²) in [4.78, 5) is 14.1. The SMILES string of the molecule is CC[C@@]1(C)CN(C(=O)NCCCc2nnc3ccccn23)CCO1. The van der Waals surface area contributed by atoms with Crippen molar-refractivity contribution in [3.63, 3.8) is 0 Å². The molecule has 1 atom stereocenters. The molecule has 130 valence electrons. The number of nitrogens with one attached hydrogen (secondary N) is 1. The number of morpholine rings is 1. The van der Waals surface area contributed by atoms with Crippen LogP contribution in [0.25, 0.3) is 5.65 Å². The minimum Gasteiger partial charge on any atom is -0.372 e. The number of amides is 2. The molecule has 24 heavy (non-hydrogen) atoms. The molecule has 2 amide bonds. The summed E-state index contributed by atoms with van der Waals surface area (Å²) >= 11 is 0. The Morgan fingerprint density at radius 1 is 1.42 bits per heavy atom. The number of aryl methyl sites for hydroxylation is 1. The van der Waals surface area contributed by atoms with E-state index in [1.807, 2.05) is 33.7 Å². The van der Waals surface area contributed by atoms with E-state index in [0.717, 1.165) is 30.7 Å². The zero-order valence-corrected chi connectivity index (χ0v) is 14.4. The normalized spacial score (nSPS) is 21.2. The van der Waals surface area contributed by atoms with Gasteiger partial charge in [0.05, 0.1) is 18.8 Å². The lowest BCUT2D eigenvalue weighted by Crippen LogP contribution is -2.54. The van der Waals surface area contributed by atoms with E-state index in [4.69, 9.17) is 4.74 Å². The highest BCUT2D eigenvalue weighted by Gasteiger charge is 2.32. The van der Waals surface area contributed by atoms with Crippen LogP contribution in [-0.4, -0.2) is 57.4 Å². The first kappa shape index (κ1) is 16.7. The van der Waals surface area contributed by atoms with Crippen LogP contribution in [0.2, 0.25) is 0 Å². The van der Waals surface area contributed by atoms with E-state index in [1.54, 1.807) is 0 Å². The largest absolute Gasteiger partial charge is 0.372 e. The van der Waals surface area contributed by atoms with E-state index in [0.29, 0.717) is 26.2 Å². The Balaban J connectivity index is 1.45. The first-order valence-electron chi connectivity index (χ1n) is 8.57. The summed E-state index contributed by atoms with van der Waals surface area (Å²) in [6.07, 6.45) is 4.47. The quantitative estimate of drug-likeness (QED) is 0.849. The molecule has 0 saturated carbocycles. The number of ether oxygens (including phenoxy) is 1. The van der Waals surface area contributed by atoms with Crippen molar-refractivity contribution in [3.05, 3.63) is 30.2 Å². The second kappa shape index (κ2) is 7.17. The van der Waals surface area contributed by atoms with Crippen LogP contribution in [0.15, 0.2) is 24.4 Å². The average molecular weight is 331 g/mol. The molecule has 7 nitrogen and oxygen atoms in total. The lowest BCUT2D eigenvalue weighted by atomic mass is 10.0. The molecule has 1 fully saturated rings. The number of nitrogens with zero attached hydrogens (tertiary/aromatic N) is 4. The standard InChI is InChI=1S/C17H25N5O2/c1-3-17(2)13-21(11-12-24-17)16(23)18-9-6-8-15-20-19-14-7-4-5-10-22(14)15/h4-5,7,10H,3,6,8-9,11-13H2,1-2H3,(H,18,23)/t17-/m0/s1. The predicted octanol–water partition coefficient (Wildman–Crippen LogP) is 1.87. The highest BCUT2D eigenvalue weighted by molar-refractivity contribution is 5.74. The molecule has 0 spiro atoms. The van der Waals surface area contributed by atoms with Gasteiger partial charge in [-0.2, -0.15) is 0 Å². The summed E-state index contributed by atoms with van der Waals surface area (Å²) in [5.41, 5.74) is 0.624. The van der Waals surface area contributed by atoms with Crippen LogP contribution in [0.5, 0.6) is 0 Å². The molecule has 1 N–H and O–H groups in total. The van der Waals surface area contributed by atoms with Gasteiger partial charge in [0.15, 0.2) is 5.65 Å². The maximum absolute atomic E-state index is 12.3. The van der Waals surface area contributed by atoms with Crippen LogP contribution in [0.1, 0.15) is 32.5 Å². The van der Waals surface area contributed by atoms with Crippen molar-refractivity contribution in [1.82, 2.24) is 24.8 Å². The number of carbonyl (C=O) groups is 1. The summed E-state index contributed by atoms with van der Waals surface area (Å²) in [5, 5.41) is 11.3. The highest BCUT2D eigenvalue weighted by Crippen LogP contribution is 2.20. The van der Waals surface area contributed by atoms with Crippen LogP contribution in [0.4, 0.5) is 4.79 Å². The Morgan fingerprint density at radius 3 is 3.12 bits per heavy atom. The number of carbonyl (C=O) groups excluding carboxylic acids is 1. The second-order valence-electron chi connectivity index (χ2n) is 6.45. The van der Waals surface area contributed by atoms with E-state index in [9.17, 15) is 4.79 Å². The van der Waals surface area contributed by atoms with Gasteiger partial charge in [-0.1, -0.05) is 13.0 Å². The van der Waals surface area contributed by atoms with Gasteiger partial charge in [-0.25, -0.2) is 4.79 Å². The average Bonchev–Trinajstić information content (AvgIpc) is 3.02. The van der Waals surface area contributed by atoms with Gasteiger partial charge >= 0.3 is 6.03 Å². The zero-order chi connectivity index (χ0) is 17.0. The third-order valence-electron chi connectivity index (χ3n) is 4.61. The van der Waals surface area contributed by atoms with Gasteiger partial charge in [-0.15, -0.1) is 10.2 Å². The lowest BCUT2D eigenvalue weighted by Gasteiger charge is -2.39. The van der Waals surface area contributed by atoms with E-state index in [-0.39, 0.29) is 11.6 Å². The van der Waals surface area contributed by atoms with Gasteiger partial charge in [0.25, 0.3) is 0 Å². The topological polar surface area (TPSA) is 71.8 Å². The van der Waals surface area contributed by atoms with E-state index >= 15 is 0 Å². The zero-order valence-electron chi connectivity index (χ0n) is 14.4. The third kappa shape index (κ3) is 3.67. The van der Waals surface area contributed by atoms with E-state index < -0.39 is 0 Å².